The van der Waals surface area contributed by atoms with Crippen LogP contribution in [-0.2, 0) is 9.53 Å². The summed E-state index contributed by atoms with van der Waals surface area (Å²) in [5.74, 6) is -1.07. The molecule has 0 bridgehead atoms. The van der Waals surface area contributed by atoms with Crippen molar-refractivity contribution in [3.8, 4) is 16.9 Å². The molecule has 3 aromatic carbocycles. The fourth-order valence-corrected chi connectivity index (χ4v) is 3.77. The molecular formula is C30H34FNO4. The summed E-state index contributed by atoms with van der Waals surface area (Å²) in [6, 6.07) is 19.4. The van der Waals surface area contributed by atoms with Crippen molar-refractivity contribution >= 4 is 17.6 Å². The SMILES string of the molecule is CCCCOc1cccc(-c2cccc(N(CC(=O)OC(C)(C)C)C(=O)c3c(C)cccc3F)c2)c1. The average Bonchev–Trinajstić information content (AvgIpc) is 2.82. The number of benzene rings is 3. The first-order valence-electron chi connectivity index (χ1n) is 12.2. The van der Waals surface area contributed by atoms with E-state index in [4.69, 9.17) is 9.47 Å². The summed E-state index contributed by atoms with van der Waals surface area (Å²) in [4.78, 5) is 27.6. The van der Waals surface area contributed by atoms with Gasteiger partial charge in [0, 0.05) is 5.69 Å². The molecule has 0 N–H and O–H groups in total. The number of hydrogen-bond acceptors (Lipinski definition) is 4. The lowest BCUT2D eigenvalue weighted by molar-refractivity contribution is -0.152. The Kier molecular flexibility index (Phi) is 8.86. The zero-order valence-corrected chi connectivity index (χ0v) is 21.6. The highest BCUT2D eigenvalue weighted by Crippen LogP contribution is 2.29. The summed E-state index contributed by atoms with van der Waals surface area (Å²) in [5, 5.41) is 0. The molecule has 36 heavy (non-hydrogen) atoms. The van der Waals surface area contributed by atoms with Crippen LogP contribution in [0.4, 0.5) is 10.1 Å². The molecule has 0 saturated carbocycles. The smallest absolute Gasteiger partial charge is 0.326 e. The number of esters is 1. The van der Waals surface area contributed by atoms with Crippen LogP contribution in [0.15, 0.2) is 66.7 Å². The number of aryl methyl sites for hydroxylation is 1. The molecule has 190 valence electrons. The molecule has 0 radical (unpaired) electrons. The van der Waals surface area contributed by atoms with E-state index in [0.717, 1.165) is 29.7 Å². The number of ether oxygens (including phenoxy) is 2. The first kappa shape index (κ1) is 26.9. The molecule has 1 amide bonds. The lowest BCUT2D eigenvalue weighted by Crippen LogP contribution is -2.39. The number of carbonyl (C=O) groups is 2. The topological polar surface area (TPSA) is 55.8 Å². The molecule has 0 aliphatic carbocycles. The number of carbonyl (C=O) groups excluding carboxylic acids is 2. The number of halogens is 1. The molecule has 0 heterocycles. The molecule has 0 spiro atoms. The molecule has 0 atom stereocenters. The van der Waals surface area contributed by atoms with Gasteiger partial charge in [0.15, 0.2) is 0 Å². The van der Waals surface area contributed by atoms with E-state index in [9.17, 15) is 14.0 Å². The minimum Gasteiger partial charge on any atom is -0.494 e. The first-order chi connectivity index (χ1) is 17.1. The Morgan fingerprint density at radius 2 is 1.61 bits per heavy atom. The summed E-state index contributed by atoms with van der Waals surface area (Å²) >= 11 is 0. The molecule has 3 rings (SSSR count). The number of rotatable bonds is 9. The van der Waals surface area contributed by atoms with E-state index < -0.39 is 23.3 Å². The van der Waals surface area contributed by atoms with Crippen LogP contribution in [0, 0.1) is 12.7 Å². The highest BCUT2D eigenvalue weighted by molar-refractivity contribution is 6.09. The first-order valence-corrected chi connectivity index (χ1v) is 12.2. The van der Waals surface area contributed by atoms with Gasteiger partial charge in [-0.1, -0.05) is 49.7 Å². The minimum atomic E-state index is -0.722. The Morgan fingerprint density at radius 1 is 0.944 bits per heavy atom. The lowest BCUT2D eigenvalue weighted by atomic mass is 10.0. The largest absolute Gasteiger partial charge is 0.494 e. The summed E-state index contributed by atoms with van der Waals surface area (Å²) < 4.78 is 26.0. The van der Waals surface area contributed by atoms with E-state index in [-0.39, 0.29) is 12.1 Å². The summed E-state index contributed by atoms with van der Waals surface area (Å²) in [6.07, 6.45) is 2.02. The maximum absolute atomic E-state index is 14.7. The third kappa shape index (κ3) is 7.17. The van der Waals surface area contributed by atoms with Crippen LogP contribution in [0.2, 0.25) is 0 Å². The monoisotopic (exact) mass is 491 g/mol. The van der Waals surface area contributed by atoms with Crippen molar-refractivity contribution in [3.05, 3.63) is 83.7 Å². The van der Waals surface area contributed by atoms with Gasteiger partial charge < -0.3 is 9.47 Å². The second-order valence-electron chi connectivity index (χ2n) is 9.69. The highest BCUT2D eigenvalue weighted by atomic mass is 19.1. The van der Waals surface area contributed by atoms with Crippen LogP contribution >= 0.6 is 0 Å². The number of unbranched alkanes of at least 4 members (excludes halogenated alkanes) is 1. The fourth-order valence-electron chi connectivity index (χ4n) is 3.77. The maximum atomic E-state index is 14.7. The van der Waals surface area contributed by atoms with Crippen molar-refractivity contribution in [1.29, 1.82) is 0 Å². The van der Waals surface area contributed by atoms with E-state index in [1.54, 1.807) is 52.0 Å². The van der Waals surface area contributed by atoms with E-state index in [2.05, 4.69) is 6.92 Å². The van der Waals surface area contributed by atoms with Crippen molar-refractivity contribution < 1.29 is 23.5 Å². The van der Waals surface area contributed by atoms with E-state index in [0.29, 0.717) is 17.9 Å². The third-order valence-corrected chi connectivity index (χ3v) is 5.48. The number of nitrogens with zero attached hydrogens (tertiary/aromatic N) is 1. The molecular weight excluding hydrogens is 457 g/mol. The molecule has 0 saturated heterocycles. The zero-order valence-electron chi connectivity index (χ0n) is 21.6. The Bertz CT molecular complexity index is 1200. The van der Waals surface area contributed by atoms with Crippen molar-refractivity contribution in [2.75, 3.05) is 18.1 Å². The second kappa shape index (κ2) is 11.8. The Hall–Kier alpha value is -3.67. The standard InChI is InChI=1S/C30H34FNO4/c1-6-7-17-35-25-15-10-13-23(19-25)22-12-9-14-24(18-22)32(20-27(33)36-30(3,4)5)29(34)28-21(2)11-8-16-26(28)31/h8-16,18-19H,6-7,17,20H2,1-5H3. The predicted octanol–water partition coefficient (Wildman–Crippen LogP) is 6.97. The molecule has 5 nitrogen and oxygen atoms in total. The molecule has 6 heteroatoms. The Labute approximate surface area is 212 Å². The summed E-state index contributed by atoms with van der Waals surface area (Å²) in [5.41, 5.74) is 1.89. The van der Waals surface area contributed by atoms with E-state index in [1.807, 2.05) is 36.4 Å². The van der Waals surface area contributed by atoms with Crippen molar-refractivity contribution in [2.24, 2.45) is 0 Å². The third-order valence-electron chi connectivity index (χ3n) is 5.48. The van der Waals surface area contributed by atoms with Gasteiger partial charge in [-0.15, -0.1) is 0 Å². The van der Waals surface area contributed by atoms with Gasteiger partial charge in [0.25, 0.3) is 5.91 Å². The van der Waals surface area contributed by atoms with Gasteiger partial charge in [-0.25, -0.2) is 4.39 Å². The van der Waals surface area contributed by atoms with Crippen molar-refractivity contribution in [3.63, 3.8) is 0 Å². The summed E-state index contributed by atoms with van der Waals surface area (Å²) in [7, 11) is 0. The Morgan fingerprint density at radius 3 is 2.28 bits per heavy atom. The lowest BCUT2D eigenvalue weighted by Gasteiger charge is -2.26. The van der Waals surface area contributed by atoms with Gasteiger partial charge >= 0.3 is 5.97 Å². The summed E-state index contributed by atoms with van der Waals surface area (Å²) in [6.45, 7) is 9.34. The normalized spacial score (nSPS) is 11.2. The van der Waals surface area contributed by atoms with Crippen LogP contribution in [0.3, 0.4) is 0 Å². The van der Waals surface area contributed by atoms with Crippen LogP contribution in [0.5, 0.6) is 5.75 Å². The fraction of sp³-hybridized carbons (Fsp3) is 0.333. The minimum absolute atomic E-state index is 0.0715. The van der Waals surface area contributed by atoms with Gasteiger partial charge in [-0.3, -0.25) is 14.5 Å². The number of amides is 1. The number of hydrogen-bond donors (Lipinski definition) is 0. The molecule has 0 fully saturated rings. The molecule has 3 aromatic rings. The second-order valence-corrected chi connectivity index (χ2v) is 9.69. The average molecular weight is 492 g/mol. The zero-order chi connectivity index (χ0) is 26.3. The van der Waals surface area contributed by atoms with Crippen LogP contribution in [0.1, 0.15) is 56.5 Å². The number of anilines is 1. The predicted molar refractivity (Wildman–Crippen MR) is 141 cm³/mol. The Balaban J connectivity index is 1.99. The van der Waals surface area contributed by atoms with E-state index >= 15 is 0 Å². The van der Waals surface area contributed by atoms with Crippen LogP contribution in [-0.4, -0.2) is 30.6 Å². The van der Waals surface area contributed by atoms with Gasteiger partial charge in [0.1, 0.15) is 23.7 Å². The molecule has 0 unspecified atom stereocenters. The van der Waals surface area contributed by atoms with E-state index in [1.165, 1.54) is 11.0 Å². The molecule has 0 aliphatic rings. The molecule has 0 aliphatic heterocycles. The van der Waals surface area contributed by atoms with Crippen molar-refractivity contribution in [1.82, 2.24) is 0 Å². The van der Waals surface area contributed by atoms with Crippen LogP contribution in [0.25, 0.3) is 11.1 Å². The van der Waals surface area contributed by atoms with Gasteiger partial charge in [0.05, 0.1) is 12.2 Å². The molecule has 0 aromatic heterocycles. The van der Waals surface area contributed by atoms with Gasteiger partial charge in [-0.05, 0) is 81.1 Å². The van der Waals surface area contributed by atoms with Gasteiger partial charge in [0.2, 0.25) is 0 Å². The maximum Gasteiger partial charge on any atom is 0.326 e. The van der Waals surface area contributed by atoms with Gasteiger partial charge in [-0.2, -0.15) is 0 Å². The quantitative estimate of drug-likeness (QED) is 0.240. The van der Waals surface area contributed by atoms with Crippen LogP contribution < -0.4 is 9.64 Å². The van der Waals surface area contributed by atoms with Crippen molar-refractivity contribution in [2.45, 2.75) is 53.1 Å². The highest BCUT2D eigenvalue weighted by Gasteiger charge is 2.27.